The van der Waals surface area contributed by atoms with Crippen LogP contribution in [0.2, 0.25) is 0 Å². The number of aryl methyl sites for hydroxylation is 1. The lowest BCUT2D eigenvalue weighted by atomic mass is 10.0. The van der Waals surface area contributed by atoms with E-state index in [1.54, 1.807) is 19.1 Å². The maximum atomic E-state index is 12.4. The summed E-state index contributed by atoms with van der Waals surface area (Å²) in [5.74, 6) is -0.454. The minimum absolute atomic E-state index is 0.273. The predicted octanol–water partition coefficient (Wildman–Crippen LogP) is 4.28. The molecule has 0 spiro atoms. The molecular formula is C20H18N2O3. The van der Waals surface area contributed by atoms with Crippen molar-refractivity contribution in [1.29, 1.82) is 0 Å². The van der Waals surface area contributed by atoms with E-state index in [0.717, 1.165) is 17.5 Å². The number of benzene rings is 2. The number of ether oxygens (including phenoxy) is 1. The summed E-state index contributed by atoms with van der Waals surface area (Å²) in [5.41, 5.74) is 3.84. The minimum atomic E-state index is -0.454. The van der Waals surface area contributed by atoms with Crippen LogP contribution < -0.4 is 5.32 Å². The van der Waals surface area contributed by atoms with E-state index in [1.807, 2.05) is 37.3 Å². The van der Waals surface area contributed by atoms with Crippen molar-refractivity contribution >= 4 is 34.5 Å². The number of rotatable bonds is 5. The van der Waals surface area contributed by atoms with Gasteiger partial charge < -0.3 is 10.1 Å². The number of carbonyl (C=O) groups is 2. The molecule has 0 fully saturated rings. The van der Waals surface area contributed by atoms with Gasteiger partial charge in [0.25, 0.3) is 0 Å². The molecule has 3 rings (SSSR count). The minimum Gasteiger partial charge on any atom is -0.462 e. The van der Waals surface area contributed by atoms with E-state index in [2.05, 4.69) is 10.3 Å². The standard InChI is InChI=1S/C20H18N2O3/c1-3-25-20(24)16-11-21-18-14(12-23)8-6-9-15(18)19(16)22-17-10-5-4-7-13(17)2/h4-12H,3H2,1-2H3,(H,21,22). The molecular weight excluding hydrogens is 316 g/mol. The average Bonchev–Trinajstić information content (AvgIpc) is 2.63. The topological polar surface area (TPSA) is 68.3 Å². The van der Waals surface area contributed by atoms with Crippen LogP contribution in [0.4, 0.5) is 11.4 Å². The zero-order valence-electron chi connectivity index (χ0n) is 14.1. The van der Waals surface area contributed by atoms with E-state index in [0.29, 0.717) is 27.7 Å². The quantitative estimate of drug-likeness (QED) is 0.557. The molecule has 3 aromatic rings. The largest absolute Gasteiger partial charge is 0.462 e. The normalized spacial score (nSPS) is 10.5. The van der Waals surface area contributed by atoms with Crippen molar-refractivity contribution in [3.63, 3.8) is 0 Å². The van der Waals surface area contributed by atoms with Gasteiger partial charge in [0.1, 0.15) is 5.56 Å². The van der Waals surface area contributed by atoms with Crippen LogP contribution in [-0.4, -0.2) is 23.8 Å². The SMILES string of the molecule is CCOC(=O)c1cnc2c(C=O)cccc2c1Nc1ccccc1C. The summed E-state index contributed by atoms with van der Waals surface area (Å²) in [6, 6.07) is 13.1. The monoisotopic (exact) mass is 334 g/mol. The highest BCUT2D eigenvalue weighted by atomic mass is 16.5. The maximum absolute atomic E-state index is 12.4. The van der Waals surface area contributed by atoms with Gasteiger partial charge in [0.05, 0.1) is 17.8 Å². The average molecular weight is 334 g/mol. The molecule has 1 N–H and O–H groups in total. The van der Waals surface area contributed by atoms with Gasteiger partial charge >= 0.3 is 5.97 Å². The summed E-state index contributed by atoms with van der Waals surface area (Å²) in [5, 5.41) is 4.01. The molecule has 0 atom stereocenters. The van der Waals surface area contributed by atoms with Crippen molar-refractivity contribution in [2.75, 3.05) is 11.9 Å². The molecule has 1 aromatic heterocycles. The van der Waals surface area contributed by atoms with Crippen LogP contribution in [0.1, 0.15) is 33.2 Å². The zero-order chi connectivity index (χ0) is 17.8. The Bertz CT molecular complexity index is 951. The number of nitrogens with zero attached hydrogens (tertiary/aromatic N) is 1. The number of aromatic nitrogens is 1. The summed E-state index contributed by atoms with van der Waals surface area (Å²) < 4.78 is 5.15. The van der Waals surface area contributed by atoms with Gasteiger partial charge in [-0.2, -0.15) is 0 Å². The molecule has 2 aromatic carbocycles. The second-order valence-corrected chi connectivity index (χ2v) is 5.57. The van der Waals surface area contributed by atoms with Crippen LogP contribution in [0.5, 0.6) is 0 Å². The second kappa shape index (κ2) is 7.13. The van der Waals surface area contributed by atoms with Crippen molar-refractivity contribution in [2.45, 2.75) is 13.8 Å². The molecule has 0 aliphatic rings. The van der Waals surface area contributed by atoms with Gasteiger partial charge in [-0.05, 0) is 31.5 Å². The third-order valence-corrected chi connectivity index (χ3v) is 3.96. The Balaban J connectivity index is 2.24. The van der Waals surface area contributed by atoms with E-state index in [-0.39, 0.29) is 6.61 Å². The summed E-state index contributed by atoms with van der Waals surface area (Å²) >= 11 is 0. The lowest BCUT2D eigenvalue weighted by Crippen LogP contribution is -2.10. The number of hydrogen-bond acceptors (Lipinski definition) is 5. The lowest BCUT2D eigenvalue weighted by molar-refractivity contribution is 0.0527. The molecule has 0 saturated carbocycles. The molecule has 5 heteroatoms. The highest BCUT2D eigenvalue weighted by molar-refractivity contribution is 6.09. The van der Waals surface area contributed by atoms with Crippen molar-refractivity contribution in [3.05, 3.63) is 65.4 Å². The molecule has 0 amide bonds. The van der Waals surface area contributed by atoms with E-state index in [4.69, 9.17) is 4.74 Å². The predicted molar refractivity (Wildman–Crippen MR) is 97.5 cm³/mol. The summed E-state index contributed by atoms with van der Waals surface area (Å²) in [7, 11) is 0. The summed E-state index contributed by atoms with van der Waals surface area (Å²) in [6.45, 7) is 4.01. The van der Waals surface area contributed by atoms with E-state index >= 15 is 0 Å². The number of para-hydroxylation sites is 2. The fourth-order valence-corrected chi connectivity index (χ4v) is 2.69. The van der Waals surface area contributed by atoms with Gasteiger partial charge in [-0.1, -0.05) is 30.3 Å². The lowest BCUT2D eigenvalue weighted by Gasteiger charge is -2.16. The van der Waals surface area contributed by atoms with Crippen LogP contribution in [0.15, 0.2) is 48.7 Å². The first-order chi connectivity index (χ1) is 12.2. The van der Waals surface area contributed by atoms with Crippen LogP contribution in [0.3, 0.4) is 0 Å². The van der Waals surface area contributed by atoms with Gasteiger partial charge in [0.15, 0.2) is 6.29 Å². The molecule has 5 nitrogen and oxygen atoms in total. The molecule has 25 heavy (non-hydrogen) atoms. The molecule has 126 valence electrons. The van der Waals surface area contributed by atoms with Crippen LogP contribution in [0.25, 0.3) is 10.9 Å². The Morgan fingerprint density at radius 3 is 2.72 bits per heavy atom. The smallest absolute Gasteiger partial charge is 0.341 e. The molecule has 0 radical (unpaired) electrons. The van der Waals surface area contributed by atoms with Crippen molar-refractivity contribution < 1.29 is 14.3 Å². The summed E-state index contributed by atoms with van der Waals surface area (Å²) in [4.78, 5) is 28.0. The van der Waals surface area contributed by atoms with Crippen molar-refractivity contribution in [3.8, 4) is 0 Å². The van der Waals surface area contributed by atoms with E-state index in [1.165, 1.54) is 6.20 Å². The number of esters is 1. The van der Waals surface area contributed by atoms with Gasteiger partial charge in [0.2, 0.25) is 0 Å². The maximum Gasteiger partial charge on any atom is 0.341 e. The Hall–Kier alpha value is -3.21. The number of fused-ring (bicyclic) bond motifs is 1. The Morgan fingerprint density at radius 1 is 1.20 bits per heavy atom. The van der Waals surface area contributed by atoms with Crippen LogP contribution in [0, 0.1) is 6.92 Å². The number of pyridine rings is 1. The molecule has 0 unspecified atom stereocenters. The molecule has 0 bridgehead atoms. The number of aldehydes is 1. The molecule has 0 aliphatic heterocycles. The van der Waals surface area contributed by atoms with Crippen molar-refractivity contribution in [2.24, 2.45) is 0 Å². The van der Waals surface area contributed by atoms with Gasteiger partial charge in [-0.25, -0.2) is 4.79 Å². The number of anilines is 2. The fraction of sp³-hybridized carbons (Fsp3) is 0.150. The highest BCUT2D eigenvalue weighted by Crippen LogP contribution is 2.31. The first-order valence-electron chi connectivity index (χ1n) is 8.02. The third kappa shape index (κ3) is 3.21. The van der Waals surface area contributed by atoms with Crippen molar-refractivity contribution in [1.82, 2.24) is 4.98 Å². The Labute approximate surface area is 145 Å². The Morgan fingerprint density at radius 2 is 2.00 bits per heavy atom. The summed E-state index contributed by atoms with van der Waals surface area (Å²) in [6.07, 6.45) is 2.21. The highest BCUT2D eigenvalue weighted by Gasteiger charge is 2.18. The van der Waals surface area contributed by atoms with Crippen LogP contribution >= 0.6 is 0 Å². The molecule has 1 heterocycles. The van der Waals surface area contributed by atoms with Gasteiger partial charge in [0, 0.05) is 22.8 Å². The van der Waals surface area contributed by atoms with E-state index < -0.39 is 5.97 Å². The Kier molecular flexibility index (Phi) is 4.75. The second-order valence-electron chi connectivity index (χ2n) is 5.57. The number of hydrogen-bond donors (Lipinski definition) is 1. The fourth-order valence-electron chi connectivity index (χ4n) is 2.69. The molecule has 0 aliphatic carbocycles. The first-order valence-corrected chi connectivity index (χ1v) is 8.02. The number of carbonyl (C=O) groups excluding carboxylic acids is 2. The first kappa shape index (κ1) is 16.6. The third-order valence-electron chi connectivity index (χ3n) is 3.96. The number of nitrogens with one attached hydrogen (secondary N) is 1. The zero-order valence-corrected chi connectivity index (χ0v) is 14.1. The molecule has 0 saturated heterocycles. The van der Waals surface area contributed by atoms with E-state index in [9.17, 15) is 9.59 Å². The van der Waals surface area contributed by atoms with Gasteiger partial charge in [-0.15, -0.1) is 0 Å². The van der Waals surface area contributed by atoms with Crippen LogP contribution in [-0.2, 0) is 4.74 Å². The van der Waals surface area contributed by atoms with Gasteiger partial charge in [-0.3, -0.25) is 9.78 Å².